The lowest BCUT2D eigenvalue weighted by atomic mass is 9.84. The number of nitrogens with zero attached hydrogens (tertiary/aromatic N) is 6. The fraction of sp³-hybridized carbons (Fsp3) is 0.0392. The van der Waals surface area contributed by atoms with E-state index in [0.717, 1.165) is 34.5 Å². The molecule has 4 aromatic heterocycles. The Morgan fingerprint density at radius 3 is 1.88 bits per heavy atom. The van der Waals surface area contributed by atoms with E-state index in [2.05, 4.69) is 137 Å². The SMILES string of the molecule is C1=CC(c2cn(-c3ccccc3)c3ccc(-c4ccccc4)cc23)CC(c2cccc(-c3cccc(-c4nc(-c5ccccc5)nc(-c5ccncc5)n4)n3)c2)=C1. The summed E-state index contributed by atoms with van der Waals surface area (Å²) >= 11 is 0. The van der Waals surface area contributed by atoms with Crippen LogP contribution in [0.15, 0.2) is 201 Å². The van der Waals surface area contributed by atoms with Crippen LogP contribution in [0.4, 0.5) is 0 Å². The van der Waals surface area contributed by atoms with E-state index >= 15 is 0 Å². The maximum absolute atomic E-state index is 5.13. The highest BCUT2D eigenvalue weighted by Crippen LogP contribution is 2.40. The third-order valence-corrected chi connectivity index (χ3v) is 10.6. The molecule has 6 heteroatoms. The molecule has 1 atom stereocenters. The first-order valence-electron chi connectivity index (χ1n) is 19.2. The Hall–Kier alpha value is -7.57. The van der Waals surface area contributed by atoms with Gasteiger partial charge in [0.1, 0.15) is 5.69 Å². The number of benzene rings is 5. The van der Waals surface area contributed by atoms with Crippen molar-refractivity contribution in [1.82, 2.24) is 29.5 Å². The van der Waals surface area contributed by atoms with Crippen LogP contribution in [0, 0.1) is 0 Å². The summed E-state index contributed by atoms with van der Waals surface area (Å²) in [7, 11) is 0. The number of aromatic nitrogens is 6. The molecule has 0 bridgehead atoms. The molecule has 9 aromatic rings. The Balaban J connectivity index is 0.985. The number of para-hydroxylation sites is 1. The fourth-order valence-electron chi connectivity index (χ4n) is 7.71. The molecule has 0 fully saturated rings. The highest BCUT2D eigenvalue weighted by atomic mass is 15.0. The summed E-state index contributed by atoms with van der Waals surface area (Å²) in [6, 6.07) is 56.6. The largest absolute Gasteiger partial charge is 0.316 e. The van der Waals surface area contributed by atoms with E-state index in [1.807, 2.05) is 60.7 Å². The van der Waals surface area contributed by atoms with Gasteiger partial charge in [-0.1, -0.05) is 127 Å². The molecule has 1 aliphatic rings. The highest BCUT2D eigenvalue weighted by molar-refractivity contribution is 5.91. The standard InChI is InChI=1S/C51H36N6/c1-4-13-35(14-5-1)40-25-26-48-44(33-40)45(34-57(48)43-21-8-3-9-22-43)41-19-10-17-38(31-41)39-18-11-20-42(32-39)46-23-12-24-47(53-46)51-55-49(36-15-6-2-7-16-36)54-50(56-51)37-27-29-52-30-28-37/h1-30,32-34,41H,31H2. The first-order chi connectivity index (χ1) is 28.2. The quantitative estimate of drug-likeness (QED) is 0.156. The molecule has 5 aromatic carbocycles. The molecule has 1 unspecified atom stereocenters. The molecule has 6 nitrogen and oxygen atoms in total. The molecule has 10 rings (SSSR count). The topological polar surface area (TPSA) is 69.4 Å². The molecular formula is C51H36N6. The number of pyridine rings is 2. The van der Waals surface area contributed by atoms with Crippen molar-refractivity contribution in [3.05, 3.63) is 212 Å². The lowest BCUT2D eigenvalue weighted by molar-refractivity contribution is 0.870. The number of allylic oxidation sites excluding steroid dienone is 4. The molecule has 57 heavy (non-hydrogen) atoms. The third-order valence-electron chi connectivity index (χ3n) is 10.6. The maximum atomic E-state index is 5.13. The summed E-state index contributed by atoms with van der Waals surface area (Å²) in [5.74, 6) is 1.88. The van der Waals surface area contributed by atoms with Gasteiger partial charge >= 0.3 is 0 Å². The van der Waals surface area contributed by atoms with E-state index in [1.165, 1.54) is 38.7 Å². The van der Waals surface area contributed by atoms with E-state index in [-0.39, 0.29) is 5.92 Å². The van der Waals surface area contributed by atoms with Crippen LogP contribution in [0.25, 0.3) is 78.8 Å². The van der Waals surface area contributed by atoms with Gasteiger partial charge in [0.15, 0.2) is 17.5 Å². The van der Waals surface area contributed by atoms with Crippen LogP contribution in [0.1, 0.15) is 23.5 Å². The molecule has 1 aliphatic carbocycles. The van der Waals surface area contributed by atoms with Crippen LogP contribution in [-0.2, 0) is 0 Å². The van der Waals surface area contributed by atoms with Crippen molar-refractivity contribution in [2.75, 3.05) is 0 Å². The summed E-state index contributed by atoms with van der Waals surface area (Å²) in [4.78, 5) is 23.9. The highest BCUT2D eigenvalue weighted by Gasteiger charge is 2.22. The summed E-state index contributed by atoms with van der Waals surface area (Å²) in [5, 5.41) is 1.27. The third kappa shape index (κ3) is 6.85. The van der Waals surface area contributed by atoms with Crippen molar-refractivity contribution in [2.45, 2.75) is 12.3 Å². The average Bonchev–Trinajstić information content (AvgIpc) is 3.69. The van der Waals surface area contributed by atoms with Gasteiger partial charge in [0, 0.05) is 52.3 Å². The minimum Gasteiger partial charge on any atom is -0.316 e. The lowest BCUT2D eigenvalue weighted by Gasteiger charge is -2.19. The number of hydrogen-bond acceptors (Lipinski definition) is 5. The second-order valence-electron chi connectivity index (χ2n) is 14.2. The second-order valence-corrected chi connectivity index (χ2v) is 14.2. The van der Waals surface area contributed by atoms with Crippen LogP contribution < -0.4 is 0 Å². The van der Waals surface area contributed by atoms with Crippen LogP contribution in [0.2, 0.25) is 0 Å². The Morgan fingerprint density at radius 1 is 0.474 bits per heavy atom. The fourth-order valence-corrected chi connectivity index (χ4v) is 7.71. The Bertz CT molecular complexity index is 2860. The minimum atomic E-state index is 0.200. The molecule has 0 aliphatic heterocycles. The summed E-state index contributed by atoms with van der Waals surface area (Å²) in [5.41, 5.74) is 12.9. The first kappa shape index (κ1) is 34.0. The van der Waals surface area contributed by atoms with Gasteiger partial charge in [-0.3, -0.25) is 4.98 Å². The van der Waals surface area contributed by atoms with Gasteiger partial charge in [-0.05, 0) is 88.8 Å². The van der Waals surface area contributed by atoms with Gasteiger partial charge < -0.3 is 4.57 Å². The van der Waals surface area contributed by atoms with E-state index in [0.29, 0.717) is 23.2 Å². The van der Waals surface area contributed by atoms with E-state index in [4.69, 9.17) is 19.9 Å². The number of fused-ring (bicyclic) bond motifs is 1. The van der Waals surface area contributed by atoms with E-state index in [1.54, 1.807) is 12.4 Å². The first-order valence-corrected chi connectivity index (χ1v) is 19.2. The van der Waals surface area contributed by atoms with Crippen molar-refractivity contribution in [3.8, 4) is 62.4 Å². The van der Waals surface area contributed by atoms with Gasteiger partial charge in [-0.25, -0.2) is 19.9 Å². The van der Waals surface area contributed by atoms with Crippen molar-refractivity contribution >= 4 is 16.5 Å². The van der Waals surface area contributed by atoms with E-state index in [9.17, 15) is 0 Å². The zero-order chi connectivity index (χ0) is 38.0. The van der Waals surface area contributed by atoms with Crippen molar-refractivity contribution in [1.29, 1.82) is 0 Å². The molecule has 4 heterocycles. The molecule has 0 N–H and O–H groups in total. The van der Waals surface area contributed by atoms with Gasteiger partial charge in [0.05, 0.1) is 11.2 Å². The van der Waals surface area contributed by atoms with Crippen LogP contribution in [0.5, 0.6) is 0 Å². The number of hydrogen-bond donors (Lipinski definition) is 0. The smallest absolute Gasteiger partial charge is 0.182 e. The zero-order valence-electron chi connectivity index (χ0n) is 31.0. The summed E-state index contributed by atoms with van der Waals surface area (Å²) in [6.45, 7) is 0. The Labute approximate surface area is 331 Å². The van der Waals surface area contributed by atoms with Crippen LogP contribution in [0.3, 0.4) is 0 Å². The molecule has 0 spiro atoms. The van der Waals surface area contributed by atoms with Crippen LogP contribution >= 0.6 is 0 Å². The summed E-state index contributed by atoms with van der Waals surface area (Å²) in [6.07, 6.45) is 13.5. The van der Waals surface area contributed by atoms with Gasteiger partial charge in [0.2, 0.25) is 0 Å². The molecule has 0 saturated heterocycles. The Kier molecular flexibility index (Phi) is 8.89. The lowest BCUT2D eigenvalue weighted by Crippen LogP contribution is -2.02. The van der Waals surface area contributed by atoms with Crippen molar-refractivity contribution < 1.29 is 0 Å². The average molecular weight is 733 g/mol. The normalized spacial score (nSPS) is 13.8. The van der Waals surface area contributed by atoms with Crippen molar-refractivity contribution in [2.24, 2.45) is 0 Å². The minimum absolute atomic E-state index is 0.200. The molecular weight excluding hydrogens is 697 g/mol. The van der Waals surface area contributed by atoms with Crippen molar-refractivity contribution in [3.63, 3.8) is 0 Å². The second kappa shape index (κ2) is 14.9. The summed E-state index contributed by atoms with van der Waals surface area (Å²) < 4.78 is 2.33. The predicted octanol–water partition coefficient (Wildman–Crippen LogP) is 12.1. The predicted molar refractivity (Wildman–Crippen MR) is 230 cm³/mol. The van der Waals surface area contributed by atoms with Gasteiger partial charge in [0.25, 0.3) is 0 Å². The Morgan fingerprint density at radius 2 is 1.11 bits per heavy atom. The molecule has 270 valence electrons. The van der Waals surface area contributed by atoms with E-state index < -0.39 is 0 Å². The zero-order valence-corrected chi connectivity index (χ0v) is 31.0. The molecule has 0 saturated carbocycles. The maximum Gasteiger partial charge on any atom is 0.182 e. The monoisotopic (exact) mass is 732 g/mol. The molecule has 0 amide bonds. The van der Waals surface area contributed by atoms with Crippen LogP contribution in [-0.4, -0.2) is 29.5 Å². The molecule has 0 radical (unpaired) electrons. The number of rotatable bonds is 8. The van der Waals surface area contributed by atoms with Gasteiger partial charge in [-0.2, -0.15) is 0 Å². The van der Waals surface area contributed by atoms with Gasteiger partial charge in [-0.15, -0.1) is 0 Å².